The third-order valence-corrected chi connectivity index (χ3v) is 8.70. The summed E-state index contributed by atoms with van der Waals surface area (Å²) in [5.74, 6) is -1.92. The number of nitrogens with zero attached hydrogens (tertiary/aromatic N) is 2. The lowest BCUT2D eigenvalue weighted by Crippen LogP contribution is -2.44. The molecule has 2 atom stereocenters. The van der Waals surface area contributed by atoms with E-state index in [0.717, 1.165) is 19.3 Å². The fraction of sp³-hybridized carbons (Fsp3) is 0.667. The van der Waals surface area contributed by atoms with Gasteiger partial charge >= 0.3 is 12.1 Å². The van der Waals surface area contributed by atoms with E-state index in [9.17, 15) is 26.4 Å². The Morgan fingerprint density at radius 3 is 2.53 bits per heavy atom. The van der Waals surface area contributed by atoms with Crippen molar-refractivity contribution >= 4 is 15.9 Å². The van der Waals surface area contributed by atoms with E-state index in [0.29, 0.717) is 22.6 Å². The lowest BCUT2D eigenvalue weighted by molar-refractivity contribution is -0.186. The second-order valence-electron chi connectivity index (χ2n) is 10.1. The Bertz CT molecular complexity index is 990. The average molecular weight is 445 g/mol. The molecule has 30 heavy (non-hydrogen) atoms. The van der Waals surface area contributed by atoms with Crippen LogP contribution >= 0.6 is 0 Å². The van der Waals surface area contributed by atoms with Gasteiger partial charge in [0.15, 0.2) is 0 Å². The Morgan fingerprint density at radius 2 is 1.87 bits per heavy atom. The lowest BCUT2D eigenvalue weighted by Gasteiger charge is -2.39. The van der Waals surface area contributed by atoms with Crippen LogP contribution in [-0.4, -0.2) is 48.8 Å². The second-order valence-corrected chi connectivity index (χ2v) is 12.0. The van der Waals surface area contributed by atoms with Crippen molar-refractivity contribution in [1.82, 2.24) is 9.21 Å². The first kappa shape index (κ1) is 21.6. The first-order valence-corrected chi connectivity index (χ1v) is 11.6. The summed E-state index contributed by atoms with van der Waals surface area (Å²) in [6.45, 7) is 6.41. The molecular weight excluding hydrogens is 417 g/mol. The average Bonchev–Trinajstić information content (AvgIpc) is 2.88. The zero-order valence-corrected chi connectivity index (χ0v) is 18.2. The van der Waals surface area contributed by atoms with E-state index < -0.39 is 22.1 Å². The number of rotatable bonds is 2. The summed E-state index contributed by atoms with van der Waals surface area (Å²) in [5, 5.41) is 0. The summed E-state index contributed by atoms with van der Waals surface area (Å²) >= 11 is 0. The van der Waals surface area contributed by atoms with Crippen LogP contribution in [0.4, 0.5) is 13.2 Å². The van der Waals surface area contributed by atoms with E-state index >= 15 is 0 Å². The molecule has 1 aromatic rings. The van der Waals surface area contributed by atoms with Crippen LogP contribution in [0.3, 0.4) is 0 Å². The first-order valence-electron chi connectivity index (χ1n) is 10.2. The summed E-state index contributed by atoms with van der Waals surface area (Å²) in [5.41, 5.74) is 0.934. The molecule has 2 unspecified atom stereocenters. The van der Waals surface area contributed by atoms with E-state index in [4.69, 9.17) is 0 Å². The zero-order valence-electron chi connectivity index (χ0n) is 17.4. The number of benzene rings is 1. The normalized spacial score (nSPS) is 29.0. The van der Waals surface area contributed by atoms with Crippen LogP contribution in [-0.2, 0) is 27.8 Å². The van der Waals surface area contributed by atoms with Gasteiger partial charge in [0, 0.05) is 25.7 Å². The van der Waals surface area contributed by atoms with Crippen LogP contribution in [0.25, 0.3) is 0 Å². The zero-order chi connectivity index (χ0) is 22.1. The maximum atomic E-state index is 13.7. The number of hydrogen-bond acceptors (Lipinski definition) is 3. The Hall–Kier alpha value is -1.61. The number of sulfonamides is 1. The van der Waals surface area contributed by atoms with E-state index in [1.165, 1.54) is 6.07 Å². The Balaban J connectivity index is 1.70. The molecule has 2 heterocycles. The Morgan fingerprint density at radius 1 is 1.17 bits per heavy atom. The van der Waals surface area contributed by atoms with Gasteiger partial charge in [0.1, 0.15) is 0 Å². The van der Waals surface area contributed by atoms with Gasteiger partial charge in [0.25, 0.3) is 0 Å². The summed E-state index contributed by atoms with van der Waals surface area (Å²) in [6, 6.07) is 4.72. The molecule has 1 saturated carbocycles. The van der Waals surface area contributed by atoms with Crippen molar-refractivity contribution in [2.75, 3.05) is 13.1 Å². The van der Waals surface area contributed by atoms with Crippen LogP contribution in [0.15, 0.2) is 23.1 Å². The fourth-order valence-electron chi connectivity index (χ4n) is 5.96. The van der Waals surface area contributed by atoms with Gasteiger partial charge in [-0.25, -0.2) is 8.42 Å². The molecule has 4 rings (SSSR count). The Kier molecular flexibility index (Phi) is 4.82. The predicted molar refractivity (Wildman–Crippen MR) is 105 cm³/mol. The van der Waals surface area contributed by atoms with Gasteiger partial charge in [-0.3, -0.25) is 4.79 Å². The number of alkyl halides is 3. The standard InChI is InChI=1S/C21H27F3N2O3S/c1-19(2)9-15-10-20(3,12-19)13-26(15)30(28,29)17-6-4-5-14-7-8-25(11-16(14)17)18(27)21(22,23)24/h4-6,15H,7-13H2,1-3H3. The monoisotopic (exact) mass is 444 g/mol. The van der Waals surface area contributed by atoms with Crippen LogP contribution in [0.2, 0.25) is 0 Å². The molecule has 0 spiro atoms. The van der Waals surface area contributed by atoms with E-state index in [1.54, 1.807) is 16.4 Å². The summed E-state index contributed by atoms with van der Waals surface area (Å²) in [6.07, 6.45) is -2.28. The van der Waals surface area contributed by atoms with Gasteiger partial charge in [-0.05, 0) is 53.7 Å². The molecule has 1 amide bonds. The highest BCUT2D eigenvalue weighted by Crippen LogP contribution is 2.54. The van der Waals surface area contributed by atoms with Crippen LogP contribution < -0.4 is 0 Å². The predicted octanol–water partition coefficient (Wildman–Crippen LogP) is 3.72. The number of carbonyl (C=O) groups is 1. The van der Waals surface area contributed by atoms with Gasteiger partial charge < -0.3 is 4.90 Å². The molecule has 0 radical (unpaired) electrons. The molecule has 2 bridgehead atoms. The maximum Gasteiger partial charge on any atom is 0.471 e. The molecule has 0 N–H and O–H groups in total. The SMILES string of the molecule is CC1(C)CC2CC(C)(CN2S(=O)(=O)c2cccc3c2CN(C(=O)C(F)(F)F)CC3)C1. The van der Waals surface area contributed by atoms with Gasteiger partial charge in [0.2, 0.25) is 10.0 Å². The van der Waals surface area contributed by atoms with Crippen molar-refractivity contribution in [3.63, 3.8) is 0 Å². The highest BCUT2D eigenvalue weighted by Gasteiger charge is 2.53. The van der Waals surface area contributed by atoms with E-state index in [2.05, 4.69) is 20.8 Å². The molecule has 5 nitrogen and oxygen atoms in total. The lowest BCUT2D eigenvalue weighted by atomic mass is 9.65. The fourth-order valence-corrected chi connectivity index (χ4v) is 7.99. The number of fused-ring (bicyclic) bond motifs is 3. The molecule has 1 aromatic carbocycles. The van der Waals surface area contributed by atoms with Gasteiger partial charge in [-0.1, -0.05) is 32.9 Å². The molecule has 3 aliphatic rings. The van der Waals surface area contributed by atoms with Crippen molar-refractivity contribution in [3.8, 4) is 0 Å². The number of halogens is 3. The minimum Gasteiger partial charge on any atom is -0.330 e. The minimum absolute atomic E-state index is 0.0357. The smallest absolute Gasteiger partial charge is 0.330 e. The van der Waals surface area contributed by atoms with Crippen LogP contribution in [0, 0.1) is 10.8 Å². The quantitative estimate of drug-likeness (QED) is 0.699. The third-order valence-electron chi connectivity index (χ3n) is 6.71. The van der Waals surface area contributed by atoms with Crippen molar-refractivity contribution in [2.45, 2.75) is 70.1 Å². The molecule has 1 aliphatic carbocycles. The van der Waals surface area contributed by atoms with E-state index in [1.807, 2.05) is 0 Å². The highest BCUT2D eigenvalue weighted by atomic mass is 32.2. The number of hydrogen-bond donors (Lipinski definition) is 0. The largest absolute Gasteiger partial charge is 0.471 e. The summed E-state index contributed by atoms with van der Waals surface area (Å²) < 4.78 is 67.7. The molecule has 2 aliphatic heterocycles. The van der Waals surface area contributed by atoms with Crippen molar-refractivity contribution < 1.29 is 26.4 Å². The third kappa shape index (κ3) is 3.64. The van der Waals surface area contributed by atoms with Crippen molar-refractivity contribution in [1.29, 1.82) is 0 Å². The van der Waals surface area contributed by atoms with Crippen LogP contribution in [0.5, 0.6) is 0 Å². The summed E-state index contributed by atoms with van der Waals surface area (Å²) in [4.78, 5) is 12.5. The molecule has 1 saturated heterocycles. The maximum absolute atomic E-state index is 13.7. The first-order chi connectivity index (χ1) is 13.7. The van der Waals surface area contributed by atoms with E-state index in [-0.39, 0.29) is 41.3 Å². The number of carbonyl (C=O) groups excluding carboxylic acids is 1. The highest BCUT2D eigenvalue weighted by molar-refractivity contribution is 7.89. The van der Waals surface area contributed by atoms with Crippen molar-refractivity contribution in [2.24, 2.45) is 10.8 Å². The molecule has 166 valence electrons. The Labute approximate surface area is 175 Å². The van der Waals surface area contributed by atoms with Gasteiger partial charge in [-0.15, -0.1) is 0 Å². The molecule has 2 fully saturated rings. The minimum atomic E-state index is -4.97. The number of amides is 1. The molecule has 9 heteroatoms. The molecular formula is C21H27F3N2O3S. The van der Waals surface area contributed by atoms with Crippen molar-refractivity contribution in [3.05, 3.63) is 29.3 Å². The van der Waals surface area contributed by atoms with Gasteiger partial charge in [0.05, 0.1) is 4.90 Å². The molecule has 0 aromatic heterocycles. The topological polar surface area (TPSA) is 57.7 Å². The second kappa shape index (κ2) is 6.69. The summed E-state index contributed by atoms with van der Waals surface area (Å²) in [7, 11) is -3.89. The van der Waals surface area contributed by atoms with Crippen LogP contribution in [0.1, 0.15) is 51.2 Å². The van der Waals surface area contributed by atoms with Gasteiger partial charge in [-0.2, -0.15) is 17.5 Å².